The number of nitrogens with zero attached hydrogens (tertiary/aromatic N) is 3. The molecule has 0 aromatic heterocycles. The maximum Gasteiger partial charge on any atom is 0.315 e. The third-order valence-corrected chi connectivity index (χ3v) is 3.58. The van der Waals surface area contributed by atoms with Crippen LogP contribution in [0.4, 0.5) is 17.1 Å². The van der Waals surface area contributed by atoms with Gasteiger partial charge in [0.2, 0.25) is 0 Å². The summed E-state index contributed by atoms with van der Waals surface area (Å²) in [4.78, 5) is 31.1. The standard InChI is InChI=1S/C12H14N4O6S/c1-8(6-23-7-12(17)22-2)13-14-10-4-3-9(15(18)19)5-11(10)16(20)21/h3-5,14H,6-7H2,1-2H3. The fraction of sp³-hybridized carbons (Fsp3) is 0.333. The zero-order valence-electron chi connectivity index (χ0n) is 12.3. The number of hydrazone groups is 1. The van der Waals surface area contributed by atoms with Gasteiger partial charge in [0.25, 0.3) is 5.69 Å². The van der Waals surface area contributed by atoms with Gasteiger partial charge in [-0.25, -0.2) is 0 Å². The van der Waals surface area contributed by atoms with E-state index in [9.17, 15) is 25.0 Å². The molecule has 0 radical (unpaired) electrons. The molecule has 0 fully saturated rings. The SMILES string of the molecule is COC(=O)CSCC(C)=NNc1ccc([N+](=O)[O-])cc1[N+](=O)[O-]. The Balaban J connectivity index is 2.76. The summed E-state index contributed by atoms with van der Waals surface area (Å²) in [5, 5.41) is 25.6. The van der Waals surface area contributed by atoms with Crippen LogP contribution in [0.1, 0.15) is 6.92 Å². The van der Waals surface area contributed by atoms with Gasteiger partial charge in [-0.05, 0) is 13.0 Å². The Morgan fingerprint density at radius 3 is 2.57 bits per heavy atom. The molecule has 0 spiro atoms. The number of thioether (sulfide) groups is 1. The molecule has 0 aliphatic rings. The quantitative estimate of drug-likeness (QED) is 0.328. The minimum Gasteiger partial charge on any atom is -0.468 e. The number of esters is 1. The smallest absolute Gasteiger partial charge is 0.315 e. The molecule has 0 amide bonds. The highest BCUT2D eigenvalue weighted by molar-refractivity contribution is 8.00. The molecule has 0 heterocycles. The molecular weight excluding hydrogens is 328 g/mol. The lowest BCUT2D eigenvalue weighted by molar-refractivity contribution is -0.393. The van der Waals surface area contributed by atoms with E-state index in [0.29, 0.717) is 11.5 Å². The summed E-state index contributed by atoms with van der Waals surface area (Å²) in [5.74, 6) is 0.228. The molecule has 10 nitrogen and oxygen atoms in total. The van der Waals surface area contributed by atoms with Crippen molar-refractivity contribution in [2.75, 3.05) is 24.0 Å². The fourth-order valence-electron chi connectivity index (χ4n) is 1.41. The second-order valence-electron chi connectivity index (χ2n) is 4.24. The second-order valence-corrected chi connectivity index (χ2v) is 5.23. The summed E-state index contributed by atoms with van der Waals surface area (Å²) >= 11 is 1.28. The molecule has 11 heteroatoms. The zero-order valence-corrected chi connectivity index (χ0v) is 13.2. The van der Waals surface area contributed by atoms with Gasteiger partial charge < -0.3 is 4.74 Å². The van der Waals surface area contributed by atoms with Gasteiger partial charge in [-0.2, -0.15) is 5.10 Å². The largest absolute Gasteiger partial charge is 0.468 e. The Kier molecular flexibility index (Phi) is 6.93. The maximum atomic E-state index is 11.0. The van der Waals surface area contributed by atoms with Gasteiger partial charge in [-0.3, -0.25) is 30.4 Å². The van der Waals surface area contributed by atoms with Crippen molar-refractivity contribution in [3.8, 4) is 0 Å². The van der Waals surface area contributed by atoms with Crippen LogP contribution in [0.3, 0.4) is 0 Å². The van der Waals surface area contributed by atoms with Gasteiger partial charge in [0, 0.05) is 17.5 Å². The number of hydrogen-bond donors (Lipinski definition) is 1. The molecule has 0 unspecified atom stereocenters. The molecule has 0 bridgehead atoms. The number of carbonyl (C=O) groups is 1. The predicted molar refractivity (Wildman–Crippen MR) is 85.8 cm³/mol. The van der Waals surface area contributed by atoms with Gasteiger partial charge in [-0.1, -0.05) is 0 Å². The second kappa shape index (κ2) is 8.68. The van der Waals surface area contributed by atoms with Crippen LogP contribution in [-0.2, 0) is 9.53 Å². The van der Waals surface area contributed by atoms with E-state index >= 15 is 0 Å². The molecule has 1 aromatic carbocycles. The number of methoxy groups -OCH3 is 1. The third kappa shape index (κ3) is 5.90. The highest BCUT2D eigenvalue weighted by Gasteiger charge is 2.19. The van der Waals surface area contributed by atoms with E-state index in [0.717, 1.165) is 12.1 Å². The summed E-state index contributed by atoms with van der Waals surface area (Å²) in [6.07, 6.45) is 0. The van der Waals surface area contributed by atoms with Crippen molar-refractivity contribution >= 4 is 40.5 Å². The summed E-state index contributed by atoms with van der Waals surface area (Å²) in [6, 6.07) is 3.22. The lowest BCUT2D eigenvalue weighted by atomic mass is 10.2. The first-order valence-electron chi connectivity index (χ1n) is 6.21. The number of nitrogens with one attached hydrogen (secondary N) is 1. The van der Waals surface area contributed by atoms with Crippen molar-refractivity contribution in [1.29, 1.82) is 0 Å². The Hall–Kier alpha value is -2.69. The van der Waals surface area contributed by atoms with E-state index < -0.39 is 15.5 Å². The Morgan fingerprint density at radius 1 is 1.30 bits per heavy atom. The normalized spacial score (nSPS) is 11.0. The van der Waals surface area contributed by atoms with Crippen LogP contribution in [0.15, 0.2) is 23.3 Å². The monoisotopic (exact) mass is 342 g/mol. The zero-order chi connectivity index (χ0) is 17.4. The van der Waals surface area contributed by atoms with Crippen LogP contribution >= 0.6 is 11.8 Å². The fourth-order valence-corrected chi connectivity index (χ4v) is 2.15. The number of anilines is 1. The van der Waals surface area contributed by atoms with E-state index in [4.69, 9.17) is 0 Å². The minimum atomic E-state index is -0.730. The summed E-state index contributed by atoms with van der Waals surface area (Å²) in [6.45, 7) is 1.68. The Morgan fingerprint density at radius 2 is 2.00 bits per heavy atom. The molecule has 124 valence electrons. The van der Waals surface area contributed by atoms with Gasteiger partial charge in [-0.15, -0.1) is 11.8 Å². The number of rotatable bonds is 8. The first kappa shape index (κ1) is 18.4. The van der Waals surface area contributed by atoms with Crippen molar-refractivity contribution in [2.45, 2.75) is 6.92 Å². The van der Waals surface area contributed by atoms with E-state index in [1.807, 2.05) is 0 Å². The molecule has 1 aromatic rings. The molecule has 23 heavy (non-hydrogen) atoms. The summed E-state index contributed by atoms with van der Waals surface area (Å²) < 4.78 is 4.49. The Labute approximate surface area is 135 Å². The number of nitro groups is 2. The van der Waals surface area contributed by atoms with Crippen molar-refractivity contribution in [2.24, 2.45) is 5.10 Å². The highest BCUT2D eigenvalue weighted by Crippen LogP contribution is 2.28. The number of nitro benzene ring substituents is 2. The first-order chi connectivity index (χ1) is 10.8. The molecule has 0 aliphatic heterocycles. The number of carbonyl (C=O) groups excluding carboxylic acids is 1. The maximum absolute atomic E-state index is 11.0. The molecule has 1 N–H and O–H groups in total. The average molecular weight is 342 g/mol. The number of benzene rings is 1. The topological polar surface area (TPSA) is 137 Å². The lowest BCUT2D eigenvalue weighted by Crippen LogP contribution is -2.07. The van der Waals surface area contributed by atoms with E-state index in [-0.39, 0.29) is 23.1 Å². The average Bonchev–Trinajstić information content (AvgIpc) is 2.52. The van der Waals surface area contributed by atoms with Crippen LogP contribution in [0, 0.1) is 20.2 Å². The van der Waals surface area contributed by atoms with Crippen molar-refractivity contribution < 1.29 is 19.4 Å². The number of hydrogen-bond acceptors (Lipinski definition) is 9. The molecule has 0 aliphatic carbocycles. The molecule has 0 saturated carbocycles. The van der Waals surface area contributed by atoms with E-state index in [1.54, 1.807) is 6.92 Å². The third-order valence-electron chi connectivity index (χ3n) is 2.51. The number of non-ortho nitro benzene ring substituents is 1. The molecule has 0 atom stereocenters. The van der Waals surface area contributed by atoms with E-state index in [2.05, 4.69) is 15.3 Å². The summed E-state index contributed by atoms with van der Waals surface area (Å²) in [5.41, 5.74) is 2.31. The van der Waals surface area contributed by atoms with Gasteiger partial charge in [0.1, 0.15) is 5.69 Å². The minimum absolute atomic E-state index is 0.0397. The van der Waals surface area contributed by atoms with Crippen LogP contribution in [0.25, 0.3) is 0 Å². The van der Waals surface area contributed by atoms with Crippen molar-refractivity contribution in [3.63, 3.8) is 0 Å². The molecule has 1 rings (SSSR count). The molecule has 0 saturated heterocycles. The van der Waals surface area contributed by atoms with Crippen LogP contribution in [-0.4, -0.2) is 40.1 Å². The predicted octanol–water partition coefficient (Wildman–Crippen LogP) is 2.20. The first-order valence-corrected chi connectivity index (χ1v) is 7.37. The molecular formula is C12H14N4O6S. The summed E-state index contributed by atoms with van der Waals surface area (Å²) in [7, 11) is 1.29. The van der Waals surface area contributed by atoms with Crippen molar-refractivity contribution in [3.05, 3.63) is 38.4 Å². The van der Waals surface area contributed by atoms with Crippen LogP contribution < -0.4 is 5.43 Å². The van der Waals surface area contributed by atoms with Crippen molar-refractivity contribution in [1.82, 2.24) is 0 Å². The van der Waals surface area contributed by atoms with Gasteiger partial charge in [0.05, 0.1) is 28.8 Å². The van der Waals surface area contributed by atoms with Gasteiger partial charge in [0.15, 0.2) is 0 Å². The highest BCUT2D eigenvalue weighted by atomic mass is 32.2. The van der Waals surface area contributed by atoms with Crippen LogP contribution in [0.2, 0.25) is 0 Å². The van der Waals surface area contributed by atoms with E-state index in [1.165, 1.54) is 24.9 Å². The van der Waals surface area contributed by atoms with Gasteiger partial charge >= 0.3 is 11.7 Å². The Bertz CT molecular complexity index is 648. The lowest BCUT2D eigenvalue weighted by Gasteiger charge is -2.04. The van der Waals surface area contributed by atoms with Crippen LogP contribution in [0.5, 0.6) is 0 Å². The number of ether oxygens (including phenoxy) is 1.